The predicted octanol–water partition coefficient (Wildman–Crippen LogP) is 4.40. The zero-order valence-corrected chi connectivity index (χ0v) is 16.6. The molecule has 2 fully saturated rings. The summed E-state index contributed by atoms with van der Waals surface area (Å²) in [5.74, 6) is -0.835. The van der Waals surface area contributed by atoms with Gasteiger partial charge in [0.05, 0.1) is 6.54 Å². The van der Waals surface area contributed by atoms with Crippen LogP contribution in [-0.4, -0.2) is 35.5 Å². The summed E-state index contributed by atoms with van der Waals surface area (Å²) in [6.07, 6.45) is 2.88. The van der Waals surface area contributed by atoms with Crippen molar-refractivity contribution in [3.05, 3.63) is 64.4 Å². The molecule has 1 saturated carbocycles. The molecule has 1 unspecified atom stereocenters. The minimum atomic E-state index is -0.444. The van der Waals surface area contributed by atoms with Crippen molar-refractivity contribution in [1.82, 2.24) is 4.90 Å². The molecule has 0 aromatic heterocycles. The molecule has 1 aliphatic heterocycles. The molecule has 0 bridgehead atoms. The van der Waals surface area contributed by atoms with E-state index in [0.29, 0.717) is 34.9 Å². The molecule has 1 heterocycles. The van der Waals surface area contributed by atoms with E-state index in [1.54, 1.807) is 41.3 Å². The molecule has 4 rings (SSSR count). The lowest BCUT2D eigenvalue weighted by atomic mass is 10.1. The third-order valence-corrected chi connectivity index (χ3v) is 5.59. The number of nitrogens with zero attached hydrogens (tertiary/aromatic N) is 1. The first kappa shape index (κ1) is 19.9. The Balaban J connectivity index is 1.51. The molecule has 2 amide bonds. The number of carbonyl (C=O) groups excluding carboxylic acids is 2. The minimum Gasteiger partial charge on any atom is -0.368 e. The lowest BCUT2D eigenvalue weighted by Crippen LogP contribution is -2.33. The highest BCUT2D eigenvalue weighted by atomic mass is 35.5. The largest absolute Gasteiger partial charge is 0.368 e. The highest BCUT2D eigenvalue weighted by Crippen LogP contribution is 2.32. The molecular weight excluding hydrogens is 395 g/mol. The Morgan fingerprint density at radius 1 is 1.17 bits per heavy atom. The molecule has 0 radical (unpaired) electrons. The number of benzene rings is 2. The molecule has 29 heavy (non-hydrogen) atoms. The van der Waals surface area contributed by atoms with Gasteiger partial charge >= 0.3 is 0 Å². The molecule has 1 atom stereocenters. The van der Waals surface area contributed by atoms with Crippen molar-refractivity contribution in [2.24, 2.45) is 0 Å². The minimum absolute atomic E-state index is 0.0725. The fourth-order valence-electron chi connectivity index (χ4n) is 3.51. The van der Waals surface area contributed by atoms with Crippen molar-refractivity contribution < 1.29 is 18.7 Å². The van der Waals surface area contributed by atoms with E-state index in [1.807, 2.05) is 0 Å². The van der Waals surface area contributed by atoms with E-state index in [-0.39, 0.29) is 24.4 Å². The normalized spacial score (nSPS) is 18.5. The van der Waals surface area contributed by atoms with Crippen LogP contribution in [0.15, 0.2) is 42.5 Å². The van der Waals surface area contributed by atoms with Crippen LogP contribution in [0, 0.1) is 5.82 Å². The van der Waals surface area contributed by atoms with Gasteiger partial charge in [-0.2, -0.15) is 0 Å². The average Bonchev–Trinajstić information content (AvgIpc) is 3.39. The Labute approximate surface area is 173 Å². The summed E-state index contributed by atoms with van der Waals surface area (Å²) >= 11 is 6.16. The van der Waals surface area contributed by atoms with E-state index in [9.17, 15) is 14.0 Å². The van der Waals surface area contributed by atoms with E-state index in [0.717, 1.165) is 19.3 Å². The second-order valence-electron chi connectivity index (χ2n) is 7.44. The summed E-state index contributed by atoms with van der Waals surface area (Å²) in [5, 5.41) is 3.12. The number of amides is 2. The molecule has 1 N–H and O–H groups in total. The second-order valence-corrected chi connectivity index (χ2v) is 7.84. The Morgan fingerprint density at radius 3 is 2.66 bits per heavy atom. The zero-order valence-electron chi connectivity index (χ0n) is 15.9. The van der Waals surface area contributed by atoms with E-state index in [2.05, 4.69) is 5.32 Å². The number of ether oxygens (including phenoxy) is 1. The number of nitrogens with one attached hydrogen (secondary N) is 1. The van der Waals surface area contributed by atoms with Gasteiger partial charge in [0.2, 0.25) is 0 Å². The van der Waals surface area contributed by atoms with Crippen molar-refractivity contribution >= 4 is 29.1 Å². The van der Waals surface area contributed by atoms with Crippen LogP contribution < -0.4 is 5.32 Å². The highest BCUT2D eigenvalue weighted by Gasteiger charge is 2.34. The smallest absolute Gasteiger partial charge is 0.254 e. The zero-order chi connectivity index (χ0) is 20.4. The fraction of sp³-hybridized carbons (Fsp3) is 0.364. The van der Waals surface area contributed by atoms with Crippen LogP contribution in [0.1, 0.15) is 41.6 Å². The number of anilines is 1. The molecule has 1 saturated heterocycles. The number of halogens is 2. The second kappa shape index (κ2) is 8.51. The topological polar surface area (TPSA) is 58.6 Å². The first-order valence-corrected chi connectivity index (χ1v) is 10.2. The molecule has 2 aromatic rings. The third kappa shape index (κ3) is 4.60. The fourth-order valence-corrected chi connectivity index (χ4v) is 3.73. The van der Waals surface area contributed by atoms with Crippen LogP contribution >= 0.6 is 11.6 Å². The predicted molar refractivity (Wildman–Crippen MR) is 108 cm³/mol. The summed E-state index contributed by atoms with van der Waals surface area (Å²) in [4.78, 5) is 27.1. The lowest BCUT2D eigenvalue weighted by Gasteiger charge is -2.24. The lowest BCUT2D eigenvalue weighted by molar-refractivity contribution is -0.124. The molecule has 2 aliphatic rings. The maximum atomic E-state index is 14.2. The van der Waals surface area contributed by atoms with E-state index >= 15 is 0 Å². The summed E-state index contributed by atoms with van der Waals surface area (Å²) < 4.78 is 19.6. The van der Waals surface area contributed by atoms with Crippen LogP contribution in [0.3, 0.4) is 0 Å². The highest BCUT2D eigenvalue weighted by molar-refractivity contribution is 6.31. The SMILES string of the molecule is O=C(Nc1cccc(C(=O)N(Cc2c(F)cccc2Cl)C2CC2)c1)C1CCCO1. The van der Waals surface area contributed by atoms with Gasteiger partial charge in [-0.25, -0.2) is 4.39 Å². The van der Waals surface area contributed by atoms with E-state index < -0.39 is 11.9 Å². The number of hydrogen-bond acceptors (Lipinski definition) is 3. The maximum Gasteiger partial charge on any atom is 0.254 e. The van der Waals surface area contributed by atoms with Gasteiger partial charge in [-0.3, -0.25) is 9.59 Å². The molecule has 152 valence electrons. The van der Waals surface area contributed by atoms with Crippen LogP contribution in [-0.2, 0) is 16.1 Å². The Morgan fingerprint density at radius 2 is 1.97 bits per heavy atom. The van der Waals surface area contributed by atoms with E-state index in [4.69, 9.17) is 16.3 Å². The number of carbonyl (C=O) groups is 2. The number of rotatable bonds is 6. The molecular formula is C22H22ClFN2O3. The first-order chi connectivity index (χ1) is 14.0. The van der Waals surface area contributed by atoms with Crippen molar-refractivity contribution in [2.75, 3.05) is 11.9 Å². The quantitative estimate of drug-likeness (QED) is 0.759. The average molecular weight is 417 g/mol. The molecule has 0 spiro atoms. The van der Waals surface area contributed by atoms with Crippen molar-refractivity contribution in [3.63, 3.8) is 0 Å². The standard InChI is InChI=1S/C22H22ClFN2O3/c23-18-6-2-7-19(24)17(18)13-26(16-9-10-16)22(28)14-4-1-5-15(12-14)25-21(27)20-8-3-11-29-20/h1-2,4-7,12,16,20H,3,8-11,13H2,(H,25,27). The van der Waals surface area contributed by atoms with Gasteiger partial charge in [-0.15, -0.1) is 0 Å². The third-order valence-electron chi connectivity index (χ3n) is 5.24. The van der Waals surface area contributed by atoms with Gasteiger partial charge in [-0.1, -0.05) is 23.7 Å². The van der Waals surface area contributed by atoms with E-state index in [1.165, 1.54) is 6.07 Å². The Kier molecular flexibility index (Phi) is 5.83. The Bertz CT molecular complexity index is 906. The van der Waals surface area contributed by atoms with Crippen LogP contribution in [0.4, 0.5) is 10.1 Å². The monoisotopic (exact) mass is 416 g/mol. The first-order valence-electron chi connectivity index (χ1n) is 9.79. The Hall–Kier alpha value is -2.44. The molecule has 7 heteroatoms. The van der Waals surface area contributed by atoms with Gasteiger partial charge in [0.15, 0.2) is 0 Å². The van der Waals surface area contributed by atoms with Crippen LogP contribution in [0.25, 0.3) is 0 Å². The van der Waals surface area contributed by atoms with Crippen LogP contribution in [0.5, 0.6) is 0 Å². The van der Waals surface area contributed by atoms with Gasteiger partial charge in [0.25, 0.3) is 11.8 Å². The number of hydrogen-bond donors (Lipinski definition) is 1. The molecule has 1 aliphatic carbocycles. The van der Waals surface area contributed by atoms with Crippen molar-refractivity contribution in [1.29, 1.82) is 0 Å². The van der Waals surface area contributed by atoms with Crippen molar-refractivity contribution in [2.45, 2.75) is 44.4 Å². The van der Waals surface area contributed by atoms with Crippen LogP contribution in [0.2, 0.25) is 5.02 Å². The molecule has 2 aromatic carbocycles. The summed E-state index contributed by atoms with van der Waals surface area (Å²) in [6, 6.07) is 11.4. The van der Waals surface area contributed by atoms with Gasteiger partial charge in [-0.05, 0) is 56.0 Å². The summed E-state index contributed by atoms with van der Waals surface area (Å²) in [5.41, 5.74) is 1.29. The summed E-state index contributed by atoms with van der Waals surface area (Å²) in [6.45, 7) is 0.701. The van der Waals surface area contributed by atoms with Gasteiger partial charge in [0, 0.05) is 34.5 Å². The van der Waals surface area contributed by atoms with Gasteiger partial charge in [0.1, 0.15) is 11.9 Å². The van der Waals surface area contributed by atoms with Gasteiger partial charge < -0.3 is 15.0 Å². The maximum absolute atomic E-state index is 14.2. The van der Waals surface area contributed by atoms with Crippen molar-refractivity contribution in [3.8, 4) is 0 Å². The summed E-state index contributed by atoms with van der Waals surface area (Å²) in [7, 11) is 0. The molecule has 5 nitrogen and oxygen atoms in total.